The molecule has 0 aliphatic carbocycles. The Labute approximate surface area is 93.5 Å². The standard InChI is InChI=1S/C12H25N3/c1-12(2,3)15-11(9-13)8-10-4-6-14-7-5-10/h9-11,13-15H,4-8H2,1-3H3. The fourth-order valence-corrected chi connectivity index (χ4v) is 2.20. The molecule has 3 nitrogen and oxygen atoms in total. The second-order valence-electron chi connectivity index (χ2n) is 5.60. The SMILES string of the molecule is CC(C)(C)NC(C=N)CC1CCNCC1. The summed E-state index contributed by atoms with van der Waals surface area (Å²) in [6.07, 6.45) is 5.20. The van der Waals surface area contributed by atoms with Crippen molar-refractivity contribution in [3.63, 3.8) is 0 Å². The van der Waals surface area contributed by atoms with Crippen LogP contribution in [-0.2, 0) is 0 Å². The highest BCUT2D eigenvalue weighted by molar-refractivity contribution is 5.60. The maximum atomic E-state index is 7.46. The van der Waals surface area contributed by atoms with Crippen LogP contribution in [0.1, 0.15) is 40.0 Å². The van der Waals surface area contributed by atoms with Gasteiger partial charge < -0.3 is 16.0 Å². The van der Waals surface area contributed by atoms with Gasteiger partial charge in [0.25, 0.3) is 0 Å². The zero-order chi connectivity index (χ0) is 11.3. The summed E-state index contributed by atoms with van der Waals surface area (Å²) >= 11 is 0. The van der Waals surface area contributed by atoms with E-state index >= 15 is 0 Å². The predicted molar refractivity (Wildman–Crippen MR) is 65.7 cm³/mol. The molecule has 1 heterocycles. The van der Waals surface area contributed by atoms with Gasteiger partial charge >= 0.3 is 0 Å². The zero-order valence-electron chi connectivity index (χ0n) is 10.3. The van der Waals surface area contributed by atoms with E-state index in [0.29, 0.717) is 0 Å². The number of piperidine rings is 1. The van der Waals surface area contributed by atoms with Crippen LogP contribution in [0.15, 0.2) is 0 Å². The second kappa shape index (κ2) is 5.61. The molecule has 3 heteroatoms. The van der Waals surface area contributed by atoms with E-state index in [1.807, 2.05) is 0 Å². The maximum absolute atomic E-state index is 7.46. The lowest BCUT2D eigenvalue weighted by atomic mass is 9.90. The van der Waals surface area contributed by atoms with E-state index in [9.17, 15) is 0 Å². The van der Waals surface area contributed by atoms with Gasteiger partial charge in [-0.1, -0.05) is 0 Å². The summed E-state index contributed by atoms with van der Waals surface area (Å²) < 4.78 is 0. The van der Waals surface area contributed by atoms with E-state index in [4.69, 9.17) is 5.41 Å². The third-order valence-electron chi connectivity index (χ3n) is 2.87. The van der Waals surface area contributed by atoms with Crippen LogP contribution in [0.5, 0.6) is 0 Å². The third kappa shape index (κ3) is 5.28. The molecular formula is C12H25N3. The summed E-state index contributed by atoms with van der Waals surface area (Å²) in [5.41, 5.74) is 0.106. The summed E-state index contributed by atoms with van der Waals surface area (Å²) in [5.74, 6) is 0.785. The topological polar surface area (TPSA) is 47.9 Å². The Morgan fingerprint density at radius 2 is 2.00 bits per heavy atom. The average Bonchev–Trinajstić information content (AvgIpc) is 2.16. The number of hydrogen-bond acceptors (Lipinski definition) is 3. The summed E-state index contributed by atoms with van der Waals surface area (Å²) in [5, 5.41) is 14.3. The molecule has 88 valence electrons. The monoisotopic (exact) mass is 211 g/mol. The van der Waals surface area contributed by atoms with Gasteiger partial charge in [0.05, 0.1) is 0 Å². The molecule has 0 amide bonds. The minimum atomic E-state index is 0.106. The first kappa shape index (κ1) is 12.7. The maximum Gasteiger partial charge on any atom is 0.0424 e. The summed E-state index contributed by atoms with van der Waals surface area (Å²) in [4.78, 5) is 0. The number of rotatable bonds is 4. The van der Waals surface area contributed by atoms with Gasteiger partial charge in [-0.25, -0.2) is 0 Å². The second-order valence-corrected chi connectivity index (χ2v) is 5.60. The van der Waals surface area contributed by atoms with E-state index in [-0.39, 0.29) is 11.6 Å². The molecule has 0 saturated carbocycles. The number of nitrogens with one attached hydrogen (secondary N) is 3. The van der Waals surface area contributed by atoms with Crippen molar-refractivity contribution in [3.8, 4) is 0 Å². The Balaban J connectivity index is 2.35. The first-order chi connectivity index (χ1) is 7.01. The molecule has 1 aliphatic rings. The van der Waals surface area contributed by atoms with Crippen molar-refractivity contribution in [1.29, 1.82) is 5.41 Å². The highest BCUT2D eigenvalue weighted by Gasteiger charge is 2.20. The van der Waals surface area contributed by atoms with E-state index in [1.54, 1.807) is 6.21 Å². The van der Waals surface area contributed by atoms with Crippen molar-refractivity contribution in [2.75, 3.05) is 13.1 Å². The minimum absolute atomic E-state index is 0.106. The lowest BCUT2D eigenvalue weighted by molar-refractivity contribution is 0.307. The molecular weight excluding hydrogens is 186 g/mol. The van der Waals surface area contributed by atoms with Gasteiger partial charge in [0.1, 0.15) is 0 Å². The van der Waals surface area contributed by atoms with Crippen molar-refractivity contribution in [2.45, 2.75) is 51.6 Å². The smallest absolute Gasteiger partial charge is 0.0424 e. The van der Waals surface area contributed by atoms with Gasteiger partial charge in [-0.2, -0.15) is 0 Å². The van der Waals surface area contributed by atoms with E-state index < -0.39 is 0 Å². The summed E-state index contributed by atoms with van der Waals surface area (Å²) in [6, 6.07) is 0.244. The molecule has 1 rings (SSSR count). The fraction of sp³-hybridized carbons (Fsp3) is 0.917. The number of hydrogen-bond donors (Lipinski definition) is 3. The van der Waals surface area contributed by atoms with E-state index in [2.05, 4.69) is 31.4 Å². The van der Waals surface area contributed by atoms with Crippen LogP contribution in [0.4, 0.5) is 0 Å². The van der Waals surface area contributed by atoms with Gasteiger partial charge in [0, 0.05) is 17.8 Å². The van der Waals surface area contributed by atoms with Gasteiger partial charge in [-0.3, -0.25) is 0 Å². The van der Waals surface area contributed by atoms with E-state index in [1.165, 1.54) is 12.8 Å². The normalized spacial score (nSPS) is 21.3. The van der Waals surface area contributed by atoms with Crippen LogP contribution in [0.25, 0.3) is 0 Å². The van der Waals surface area contributed by atoms with Crippen LogP contribution in [-0.4, -0.2) is 30.9 Å². The first-order valence-electron chi connectivity index (χ1n) is 6.00. The van der Waals surface area contributed by atoms with Crippen molar-refractivity contribution < 1.29 is 0 Å². The highest BCUT2D eigenvalue weighted by atomic mass is 15.0. The van der Waals surface area contributed by atoms with Gasteiger partial charge in [0.2, 0.25) is 0 Å². The van der Waals surface area contributed by atoms with Crippen LogP contribution < -0.4 is 10.6 Å². The van der Waals surface area contributed by atoms with Gasteiger partial charge in [-0.15, -0.1) is 0 Å². The summed E-state index contributed by atoms with van der Waals surface area (Å²) in [6.45, 7) is 8.76. The molecule has 0 aromatic carbocycles. The first-order valence-corrected chi connectivity index (χ1v) is 6.00. The molecule has 1 atom stereocenters. The Morgan fingerprint density at radius 1 is 1.40 bits per heavy atom. The molecule has 3 N–H and O–H groups in total. The van der Waals surface area contributed by atoms with Crippen LogP contribution in [0.2, 0.25) is 0 Å². The largest absolute Gasteiger partial charge is 0.317 e. The molecule has 0 aromatic rings. The lowest BCUT2D eigenvalue weighted by Gasteiger charge is -2.30. The Bertz CT molecular complexity index is 190. The summed E-state index contributed by atoms with van der Waals surface area (Å²) in [7, 11) is 0. The van der Waals surface area contributed by atoms with Gasteiger partial charge in [0.15, 0.2) is 0 Å². The lowest BCUT2D eigenvalue weighted by Crippen LogP contribution is -2.45. The zero-order valence-corrected chi connectivity index (χ0v) is 10.3. The van der Waals surface area contributed by atoms with Crippen molar-refractivity contribution >= 4 is 6.21 Å². The van der Waals surface area contributed by atoms with Gasteiger partial charge in [-0.05, 0) is 59.0 Å². The van der Waals surface area contributed by atoms with Crippen LogP contribution in [0, 0.1) is 11.3 Å². The third-order valence-corrected chi connectivity index (χ3v) is 2.87. The van der Waals surface area contributed by atoms with E-state index in [0.717, 1.165) is 25.4 Å². The molecule has 0 bridgehead atoms. The van der Waals surface area contributed by atoms with Crippen molar-refractivity contribution in [1.82, 2.24) is 10.6 Å². The molecule has 1 saturated heterocycles. The van der Waals surface area contributed by atoms with Crippen LogP contribution >= 0.6 is 0 Å². The predicted octanol–water partition coefficient (Wildman–Crippen LogP) is 1.78. The minimum Gasteiger partial charge on any atom is -0.317 e. The van der Waals surface area contributed by atoms with Crippen molar-refractivity contribution in [3.05, 3.63) is 0 Å². The molecule has 1 unspecified atom stereocenters. The molecule has 1 aliphatic heterocycles. The van der Waals surface area contributed by atoms with Crippen LogP contribution in [0.3, 0.4) is 0 Å². The Kier molecular flexibility index (Phi) is 4.74. The molecule has 0 aromatic heterocycles. The Hall–Kier alpha value is -0.410. The Morgan fingerprint density at radius 3 is 2.47 bits per heavy atom. The molecule has 0 radical (unpaired) electrons. The van der Waals surface area contributed by atoms with Crippen molar-refractivity contribution in [2.24, 2.45) is 5.92 Å². The molecule has 1 fully saturated rings. The average molecular weight is 211 g/mol. The quantitative estimate of drug-likeness (QED) is 0.621. The fourth-order valence-electron chi connectivity index (χ4n) is 2.20. The molecule has 15 heavy (non-hydrogen) atoms. The highest BCUT2D eigenvalue weighted by Crippen LogP contribution is 2.18. The molecule has 0 spiro atoms.